The average Bonchev–Trinajstić information content (AvgIpc) is 3.06. The number of para-hydroxylation sites is 1. The van der Waals surface area contributed by atoms with Crippen LogP contribution in [0.3, 0.4) is 0 Å². The van der Waals surface area contributed by atoms with Crippen molar-refractivity contribution in [2.24, 2.45) is 0 Å². The molecule has 4 rings (SSSR count). The Hall–Kier alpha value is -2.99. The first-order valence-electron chi connectivity index (χ1n) is 8.81. The van der Waals surface area contributed by atoms with E-state index in [0.717, 1.165) is 21.3 Å². The lowest BCUT2D eigenvalue weighted by molar-refractivity contribution is -0.115. The number of carbonyl (C=O) groups excluding carboxylic acids is 1. The van der Waals surface area contributed by atoms with Crippen LogP contribution in [0.5, 0.6) is 5.75 Å². The molecule has 0 spiro atoms. The Kier molecular flexibility index (Phi) is 5.21. The van der Waals surface area contributed by atoms with Crippen molar-refractivity contribution in [3.8, 4) is 5.75 Å². The molecule has 0 radical (unpaired) electrons. The summed E-state index contributed by atoms with van der Waals surface area (Å²) < 4.78 is 24.3. The third kappa shape index (κ3) is 3.82. The lowest BCUT2D eigenvalue weighted by Gasteiger charge is -2.10. The summed E-state index contributed by atoms with van der Waals surface area (Å²) in [5, 5.41) is 4.84. The molecule has 1 aromatic heterocycles. The Bertz CT molecular complexity index is 1140. The summed E-state index contributed by atoms with van der Waals surface area (Å²) in [6, 6.07) is 17.7. The van der Waals surface area contributed by atoms with Crippen LogP contribution in [0.25, 0.3) is 21.9 Å². The highest BCUT2D eigenvalue weighted by Gasteiger charge is 2.14. The van der Waals surface area contributed by atoms with Crippen LogP contribution in [0, 0.1) is 5.82 Å². The molecule has 1 amide bonds. The Morgan fingerprint density at radius 1 is 1.07 bits per heavy atom. The summed E-state index contributed by atoms with van der Waals surface area (Å²) in [6.07, 6.45) is 0.323. The second kappa shape index (κ2) is 7.94. The molecule has 142 valence electrons. The fraction of sp³-hybridized carbons (Fsp3) is 0.136. The molecule has 0 aliphatic carbocycles. The average molecular weight is 395 g/mol. The van der Waals surface area contributed by atoms with Gasteiger partial charge in [-0.05, 0) is 36.4 Å². The second-order valence-electron chi connectivity index (χ2n) is 6.25. The van der Waals surface area contributed by atoms with Gasteiger partial charge in [-0.15, -0.1) is 11.8 Å². The number of methoxy groups -OCH3 is 1. The predicted octanol–water partition coefficient (Wildman–Crippen LogP) is 5.85. The maximum absolute atomic E-state index is 12.9. The number of thioether (sulfide) groups is 1. The third-order valence-electron chi connectivity index (χ3n) is 4.38. The van der Waals surface area contributed by atoms with E-state index in [2.05, 4.69) is 5.32 Å². The summed E-state index contributed by atoms with van der Waals surface area (Å²) in [5.74, 6) is 0.782. The predicted molar refractivity (Wildman–Crippen MR) is 111 cm³/mol. The van der Waals surface area contributed by atoms with E-state index in [1.807, 2.05) is 30.3 Å². The molecule has 0 unspecified atom stereocenters. The first-order valence-corrected chi connectivity index (χ1v) is 9.80. The number of nitrogens with one attached hydrogen (secondary N) is 1. The number of halogens is 1. The van der Waals surface area contributed by atoms with Crippen LogP contribution >= 0.6 is 11.8 Å². The molecule has 0 saturated heterocycles. The maximum atomic E-state index is 12.9. The summed E-state index contributed by atoms with van der Waals surface area (Å²) in [7, 11) is 1.57. The van der Waals surface area contributed by atoms with Gasteiger partial charge in [0.2, 0.25) is 5.91 Å². The monoisotopic (exact) mass is 395 g/mol. The molecule has 28 heavy (non-hydrogen) atoms. The number of furan rings is 1. The molecule has 3 aromatic carbocycles. The Labute approximate surface area is 165 Å². The summed E-state index contributed by atoms with van der Waals surface area (Å²) in [5.41, 5.74) is 2.06. The number of ether oxygens (including phenoxy) is 1. The first-order chi connectivity index (χ1) is 13.6. The van der Waals surface area contributed by atoms with Gasteiger partial charge < -0.3 is 14.5 Å². The van der Waals surface area contributed by atoms with Crippen LogP contribution in [0.15, 0.2) is 70.0 Å². The third-order valence-corrected chi connectivity index (χ3v) is 5.40. The Balaban J connectivity index is 1.47. The fourth-order valence-electron chi connectivity index (χ4n) is 3.02. The zero-order valence-electron chi connectivity index (χ0n) is 15.2. The number of anilines is 1. The van der Waals surface area contributed by atoms with E-state index in [0.29, 0.717) is 29.2 Å². The fourth-order valence-corrected chi connectivity index (χ4v) is 3.87. The number of carbonyl (C=O) groups is 1. The summed E-state index contributed by atoms with van der Waals surface area (Å²) in [4.78, 5) is 13.3. The van der Waals surface area contributed by atoms with Crippen molar-refractivity contribution < 1.29 is 18.3 Å². The van der Waals surface area contributed by atoms with Gasteiger partial charge in [0.05, 0.1) is 12.8 Å². The second-order valence-corrected chi connectivity index (χ2v) is 7.42. The van der Waals surface area contributed by atoms with Crippen molar-refractivity contribution in [1.29, 1.82) is 0 Å². The van der Waals surface area contributed by atoms with Crippen LogP contribution < -0.4 is 10.1 Å². The Morgan fingerprint density at radius 3 is 2.64 bits per heavy atom. The molecule has 1 heterocycles. The van der Waals surface area contributed by atoms with Crippen molar-refractivity contribution in [1.82, 2.24) is 0 Å². The number of hydrogen-bond acceptors (Lipinski definition) is 4. The van der Waals surface area contributed by atoms with E-state index in [9.17, 15) is 9.18 Å². The van der Waals surface area contributed by atoms with Gasteiger partial charge in [0.1, 0.15) is 22.7 Å². The van der Waals surface area contributed by atoms with Gasteiger partial charge in [-0.1, -0.05) is 18.2 Å². The van der Waals surface area contributed by atoms with Crippen molar-refractivity contribution in [2.45, 2.75) is 11.3 Å². The number of amides is 1. The van der Waals surface area contributed by atoms with Crippen LogP contribution in [0.1, 0.15) is 6.42 Å². The zero-order chi connectivity index (χ0) is 19.5. The number of rotatable bonds is 6. The molecular formula is C22H18FNO3S. The molecule has 6 heteroatoms. The van der Waals surface area contributed by atoms with Gasteiger partial charge in [-0.3, -0.25) is 4.79 Å². The molecule has 4 nitrogen and oxygen atoms in total. The van der Waals surface area contributed by atoms with Crippen LogP contribution in [-0.4, -0.2) is 18.8 Å². The van der Waals surface area contributed by atoms with Crippen molar-refractivity contribution >= 4 is 45.3 Å². The lowest BCUT2D eigenvalue weighted by atomic mass is 10.1. The van der Waals surface area contributed by atoms with E-state index in [1.54, 1.807) is 25.3 Å². The molecule has 1 N–H and O–H groups in total. The highest BCUT2D eigenvalue weighted by Crippen LogP contribution is 2.36. The number of benzene rings is 3. The van der Waals surface area contributed by atoms with E-state index < -0.39 is 0 Å². The van der Waals surface area contributed by atoms with E-state index in [1.165, 1.54) is 23.9 Å². The zero-order valence-corrected chi connectivity index (χ0v) is 16.0. The van der Waals surface area contributed by atoms with Crippen molar-refractivity contribution in [3.63, 3.8) is 0 Å². The normalized spacial score (nSPS) is 11.1. The summed E-state index contributed by atoms with van der Waals surface area (Å²) in [6.45, 7) is 0. The molecule has 0 bridgehead atoms. The minimum atomic E-state index is -0.268. The quantitative estimate of drug-likeness (QED) is 0.416. The van der Waals surface area contributed by atoms with Gasteiger partial charge in [-0.2, -0.15) is 0 Å². The van der Waals surface area contributed by atoms with Crippen LogP contribution in [0.4, 0.5) is 10.1 Å². The van der Waals surface area contributed by atoms with Gasteiger partial charge in [-0.25, -0.2) is 4.39 Å². The highest BCUT2D eigenvalue weighted by molar-refractivity contribution is 7.99. The van der Waals surface area contributed by atoms with Gasteiger partial charge >= 0.3 is 0 Å². The van der Waals surface area contributed by atoms with Gasteiger partial charge in [0.15, 0.2) is 0 Å². The number of hydrogen-bond donors (Lipinski definition) is 1. The molecule has 0 atom stereocenters. The van der Waals surface area contributed by atoms with Crippen molar-refractivity contribution in [2.75, 3.05) is 18.2 Å². The van der Waals surface area contributed by atoms with E-state index in [4.69, 9.17) is 9.15 Å². The highest BCUT2D eigenvalue weighted by atomic mass is 32.2. The van der Waals surface area contributed by atoms with Crippen LogP contribution in [-0.2, 0) is 4.79 Å². The van der Waals surface area contributed by atoms with Crippen LogP contribution in [0.2, 0.25) is 0 Å². The first kappa shape index (κ1) is 18.4. The minimum absolute atomic E-state index is 0.122. The topological polar surface area (TPSA) is 51.5 Å². The lowest BCUT2D eigenvalue weighted by Crippen LogP contribution is -2.13. The largest absolute Gasteiger partial charge is 0.495 e. The van der Waals surface area contributed by atoms with E-state index >= 15 is 0 Å². The minimum Gasteiger partial charge on any atom is -0.495 e. The molecule has 0 aliphatic heterocycles. The molecule has 0 fully saturated rings. The SMILES string of the molecule is COc1cc2c(cc1NC(=O)CCSc1ccc(F)cc1)oc1ccccc12. The molecular weight excluding hydrogens is 377 g/mol. The van der Waals surface area contributed by atoms with E-state index in [-0.39, 0.29) is 11.7 Å². The van der Waals surface area contributed by atoms with Gasteiger partial charge in [0.25, 0.3) is 0 Å². The van der Waals surface area contributed by atoms with Gasteiger partial charge in [0, 0.05) is 33.9 Å². The molecule has 0 saturated carbocycles. The number of fused-ring (bicyclic) bond motifs is 3. The summed E-state index contributed by atoms with van der Waals surface area (Å²) >= 11 is 1.51. The molecule has 4 aromatic rings. The molecule has 0 aliphatic rings. The Morgan fingerprint density at radius 2 is 1.86 bits per heavy atom. The standard InChI is InChI=1S/C22H18FNO3S/c1-26-21-12-17-16-4-2-3-5-19(16)27-20(17)13-18(21)24-22(25)10-11-28-15-8-6-14(23)7-9-15/h2-9,12-13H,10-11H2,1H3,(H,24,25). The maximum Gasteiger partial charge on any atom is 0.225 e. The van der Waals surface area contributed by atoms with Crippen molar-refractivity contribution in [3.05, 3.63) is 66.5 Å². The smallest absolute Gasteiger partial charge is 0.225 e.